The van der Waals surface area contributed by atoms with Gasteiger partial charge in [-0.1, -0.05) is 30.3 Å². The van der Waals surface area contributed by atoms with Gasteiger partial charge in [-0.15, -0.1) is 0 Å². The van der Waals surface area contributed by atoms with Crippen molar-refractivity contribution >= 4 is 12.0 Å². The molecule has 5 nitrogen and oxygen atoms in total. The second-order valence-electron chi connectivity index (χ2n) is 5.23. The number of aliphatic carboxylic acids is 1. The van der Waals surface area contributed by atoms with Crippen LogP contribution in [0.1, 0.15) is 19.4 Å². The minimum absolute atomic E-state index is 0.312. The van der Waals surface area contributed by atoms with Crippen molar-refractivity contribution in [1.82, 2.24) is 10.2 Å². The second kappa shape index (κ2) is 6.22. The Balaban J connectivity index is 2.59. The third-order valence-corrected chi connectivity index (χ3v) is 2.65. The molecule has 1 rings (SSSR count). The van der Waals surface area contributed by atoms with E-state index in [0.717, 1.165) is 10.5 Å². The van der Waals surface area contributed by atoms with E-state index in [-0.39, 0.29) is 12.6 Å². The number of amides is 2. The summed E-state index contributed by atoms with van der Waals surface area (Å²) in [5, 5.41) is 11.5. The molecule has 0 aliphatic rings. The number of nitrogens with one attached hydrogen (secondary N) is 1. The maximum Gasteiger partial charge on any atom is 0.323 e. The molecule has 19 heavy (non-hydrogen) atoms. The lowest BCUT2D eigenvalue weighted by Gasteiger charge is -2.29. The van der Waals surface area contributed by atoms with Crippen LogP contribution in [0.4, 0.5) is 4.79 Å². The highest BCUT2D eigenvalue weighted by atomic mass is 16.4. The zero-order chi connectivity index (χ0) is 14.5. The van der Waals surface area contributed by atoms with Gasteiger partial charge in [0.25, 0.3) is 0 Å². The highest BCUT2D eigenvalue weighted by Gasteiger charge is 2.23. The molecule has 0 spiro atoms. The van der Waals surface area contributed by atoms with Crippen LogP contribution in [-0.2, 0) is 11.2 Å². The molecule has 0 saturated carbocycles. The van der Waals surface area contributed by atoms with Crippen molar-refractivity contribution in [1.29, 1.82) is 0 Å². The lowest BCUT2D eigenvalue weighted by Crippen LogP contribution is -2.51. The van der Waals surface area contributed by atoms with E-state index in [1.165, 1.54) is 7.05 Å². The van der Waals surface area contributed by atoms with E-state index in [4.69, 9.17) is 5.11 Å². The molecule has 0 heterocycles. The number of nitrogens with zero attached hydrogens (tertiary/aromatic N) is 1. The molecule has 1 aromatic carbocycles. The summed E-state index contributed by atoms with van der Waals surface area (Å²) >= 11 is 0. The van der Waals surface area contributed by atoms with Gasteiger partial charge >= 0.3 is 12.0 Å². The van der Waals surface area contributed by atoms with Crippen LogP contribution in [0.2, 0.25) is 0 Å². The molecule has 104 valence electrons. The zero-order valence-electron chi connectivity index (χ0n) is 11.5. The van der Waals surface area contributed by atoms with Crippen LogP contribution < -0.4 is 5.32 Å². The molecule has 0 saturated heterocycles. The van der Waals surface area contributed by atoms with Crippen LogP contribution in [0.15, 0.2) is 30.3 Å². The predicted molar refractivity (Wildman–Crippen MR) is 73.0 cm³/mol. The Labute approximate surface area is 113 Å². The fourth-order valence-electron chi connectivity index (χ4n) is 1.81. The molecule has 0 unspecified atom stereocenters. The van der Waals surface area contributed by atoms with E-state index in [1.807, 2.05) is 44.2 Å². The Bertz CT molecular complexity index is 443. The lowest BCUT2D eigenvalue weighted by molar-refractivity contribution is -0.137. The minimum atomic E-state index is -1.03. The fraction of sp³-hybridized carbons (Fsp3) is 0.429. The van der Waals surface area contributed by atoms with Crippen molar-refractivity contribution in [2.45, 2.75) is 25.8 Å². The summed E-state index contributed by atoms with van der Waals surface area (Å²) in [5.41, 5.74) is 0.680. The van der Waals surface area contributed by atoms with Crippen molar-refractivity contribution in [3.8, 4) is 0 Å². The summed E-state index contributed by atoms with van der Waals surface area (Å²) in [4.78, 5) is 23.5. The van der Waals surface area contributed by atoms with Crippen LogP contribution >= 0.6 is 0 Å². The number of carboxylic acids is 1. The number of rotatable bonds is 5. The van der Waals surface area contributed by atoms with Gasteiger partial charge in [-0.25, -0.2) is 4.79 Å². The summed E-state index contributed by atoms with van der Waals surface area (Å²) in [7, 11) is 1.46. The minimum Gasteiger partial charge on any atom is -0.480 e. The first kappa shape index (κ1) is 15.0. The number of hydrogen-bond donors (Lipinski definition) is 2. The second-order valence-corrected chi connectivity index (χ2v) is 5.23. The first-order valence-corrected chi connectivity index (χ1v) is 6.09. The van der Waals surface area contributed by atoms with Crippen molar-refractivity contribution < 1.29 is 14.7 Å². The van der Waals surface area contributed by atoms with Crippen molar-refractivity contribution in [3.05, 3.63) is 35.9 Å². The number of likely N-dealkylation sites (N-methyl/N-ethyl adjacent to an activating group) is 1. The van der Waals surface area contributed by atoms with E-state index in [2.05, 4.69) is 5.32 Å². The van der Waals surface area contributed by atoms with E-state index in [1.54, 1.807) is 0 Å². The number of benzene rings is 1. The summed E-state index contributed by atoms with van der Waals surface area (Å²) in [6.45, 7) is 3.51. The first-order valence-electron chi connectivity index (χ1n) is 6.09. The van der Waals surface area contributed by atoms with Crippen LogP contribution in [0.25, 0.3) is 0 Å². The Morgan fingerprint density at radius 1 is 1.26 bits per heavy atom. The maximum atomic E-state index is 11.8. The van der Waals surface area contributed by atoms with Crippen molar-refractivity contribution in [2.24, 2.45) is 0 Å². The molecule has 1 aromatic rings. The molecule has 0 fully saturated rings. The summed E-state index contributed by atoms with van der Waals surface area (Å²) < 4.78 is 0. The van der Waals surface area contributed by atoms with Crippen LogP contribution in [0, 0.1) is 0 Å². The maximum absolute atomic E-state index is 11.8. The lowest BCUT2D eigenvalue weighted by atomic mass is 9.95. The molecule has 2 amide bonds. The molecular weight excluding hydrogens is 244 g/mol. The average Bonchev–Trinajstić information content (AvgIpc) is 2.27. The van der Waals surface area contributed by atoms with Gasteiger partial charge in [0.1, 0.15) is 6.54 Å². The van der Waals surface area contributed by atoms with E-state index in [0.29, 0.717) is 6.42 Å². The normalized spacial score (nSPS) is 10.9. The van der Waals surface area contributed by atoms with Gasteiger partial charge < -0.3 is 15.3 Å². The van der Waals surface area contributed by atoms with Gasteiger partial charge in [-0.3, -0.25) is 4.79 Å². The summed E-state index contributed by atoms with van der Waals surface area (Å²) in [6.07, 6.45) is 0.681. The van der Waals surface area contributed by atoms with Gasteiger partial charge in [0, 0.05) is 12.6 Å². The van der Waals surface area contributed by atoms with Gasteiger partial charge in [0.05, 0.1) is 0 Å². The molecule has 0 radical (unpaired) electrons. The average molecular weight is 264 g/mol. The van der Waals surface area contributed by atoms with E-state index < -0.39 is 11.5 Å². The molecule has 0 bridgehead atoms. The Morgan fingerprint density at radius 2 is 1.84 bits per heavy atom. The fourth-order valence-corrected chi connectivity index (χ4v) is 1.81. The van der Waals surface area contributed by atoms with Gasteiger partial charge in [-0.05, 0) is 25.8 Å². The number of carbonyl (C=O) groups is 2. The third-order valence-electron chi connectivity index (χ3n) is 2.65. The number of urea groups is 1. The van der Waals surface area contributed by atoms with Gasteiger partial charge in [0.2, 0.25) is 0 Å². The largest absolute Gasteiger partial charge is 0.480 e. The number of carboxylic acid groups (broad SMARTS) is 1. The molecule has 5 heteroatoms. The Kier molecular flexibility index (Phi) is 4.92. The standard InChI is InChI=1S/C14H20N2O3/c1-14(2,9-11-7-5-4-6-8-11)15-13(19)16(3)10-12(17)18/h4-8H,9-10H2,1-3H3,(H,15,19)(H,17,18). The third kappa shape index (κ3) is 5.42. The quantitative estimate of drug-likeness (QED) is 0.851. The monoisotopic (exact) mass is 264 g/mol. The Morgan fingerprint density at radius 3 is 2.37 bits per heavy atom. The molecule has 0 aliphatic carbocycles. The number of carbonyl (C=O) groups excluding carboxylic acids is 1. The summed E-state index contributed by atoms with van der Waals surface area (Å²) in [6, 6.07) is 9.44. The molecule has 0 aromatic heterocycles. The SMILES string of the molecule is CN(CC(=O)O)C(=O)NC(C)(C)Cc1ccccc1. The van der Waals surface area contributed by atoms with Crippen molar-refractivity contribution in [2.75, 3.05) is 13.6 Å². The molecule has 0 aliphatic heterocycles. The number of hydrogen-bond acceptors (Lipinski definition) is 2. The Hall–Kier alpha value is -2.04. The van der Waals surface area contributed by atoms with Crippen LogP contribution in [0.5, 0.6) is 0 Å². The van der Waals surface area contributed by atoms with Gasteiger partial charge in [-0.2, -0.15) is 0 Å². The first-order chi connectivity index (χ1) is 8.80. The van der Waals surface area contributed by atoms with Crippen LogP contribution in [0.3, 0.4) is 0 Å². The highest BCUT2D eigenvalue weighted by molar-refractivity contribution is 5.80. The smallest absolute Gasteiger partial charge is 0.323 e. The zero-order valence-corrected chi connectivity index (χ0v) is 11.5. The van der Waals surface area contributed by atoms with Crippen LogP contribution in [-0.4, -0.2) is 41.1 Å². The molecule has 0 atom stereocenters. The van der Waals surface area contributed by atoms with Gasteiger partial charge in [0.15, 0.2) is 0 Å². The summed E-state index contributed by atoms with van der Waals surface area (Å²) in [5.74, 6) is -1.03. The molecule has 2 N–H and O–H groups in total. The predicted octanol–water partition coefficient (Wildman–Crippen LogP) is 1.73. The van der Waals surface area contributed by atoms with E-state index >= 15 is 0 Å². The van der Waals surface area contributed by atoms with Crippen molar-refractivity contribution in [3.63, 3.8) is 0 Å². The molecular formula is C14H20N2O3. The topological polar surface area (TPSA) is 69.6 Å². The van der Waals surface area contributed by atoms with E-state index in [9.17, 15) is 9.59 Å². The highest BCUT2D eigenvalue weighted by Crippen LogP contribution is 2.12.